The molecule has 14 aromatic carbocycles. The van der Waals surface area contributed by atoms with Crippen molar-refractivity contribution < 1.29 is 4.42 Å². The van der Waals surface area contributed by atoms with Gasteiger partial charge in [0.25, 0.3) is 0 Å². The standard InChI is InChI=1S/C93H68N2O/c1-57-34-47-71-73-50-45-65(55-85(73)91(3,4)83(71)52-57)94(66-46-51-74-72-48-35-58(2)53-84(72)92(5,6)86(74)56-66)64-44-49-67(78(54-64)59-20-8-7-9-21-59)60-36-40-62(41-37-60)95(63-42-38-61(39-43-63)68-26-18-27-76-75-24-13-17-33-88(75)96-90(68)76)87-32-19-31-82-89(87)77-25-12-16-30-81(77)93(82)79-28-14-10-22-69(79)70-23-11-15-29-80(70)93/h7-56H,1-6H3. The van der Waals surface area contributed by atoms with Gasteiger partial charge in [0.15, 0.2) is 0 Å². The zero-order chi connectivity index (χ0) is 64.3. The topological polar surface area (TPSA) is 19.6 Å². The van der Waals surface area contributed by atoms with Crippen LogP contribution in [0, 0.1) is 13.8 Å². The summed E-state index contributed by atoms with van der Waals surface area (Å²) in [5.74, 6) is 0. The molecule has 4 aliphatic rings. The largest absolute Gasteiger partial charge is 0.455 e. The molecule has 1 aromatic heterocycles. The summed E-state index contributed by atoms with van der Waals surface area (Å²) in [6.07, 6.45) is 0. The Morgan fingerprint density at radius 3 is 1.26 bits per heavy atom. The monoisotopic (exact) mass is 1230 g/mol. The Balaban J connectivity index is 0.775. The van der Waals surface area contributed by atoms with Gasteiger partial charge in [-0.05, 0) is 198 Å². The molecular weight excluding hydrogens is 1160 g/mol. The SMILES string of the molecule is Cc1ccc2c(c1)C(C)(C)c1cc(N(c3ccc(-c4ccc(N(c5ccc(-c6cccc7c6oc6ccccc67)cc5)c5cccc6c5-c5ccccc5C65c6ccccc6-c6ccccc65)cc4)c(-c4ccccc4)c3)c3ccc4c(c3)C(C)(C)c3cc(C)ccc3-4)ccc1-2. The average Bonchev–Trinajstić information content (AvgIpc) is 1.51. The molecule has 0 N–H and O–H groups in total. The molecule has 4 aliphatic carbocycles. The predicted octanol–water partition coefficient (Wildman–Crippen LogP) is 25.1. The van der Waals surface area contributed by atoms with Gasteiger partial charge in [-0.25, -0.2) is 0 Å². The minimum absolute atomic E-state index is 0.185. The molecule has 19 rings (SSSR count). The van der Waals surface area contributed by atoms with Crippen molar-refractivity contribution in [1.29, 1.82) is 0 Å². The molecule has 1 heterocycles. The molecule has 0 atom stereocenters. The molecule has 0 saturated heterocycles. The van der Waals surface area contributed by atoms with E-state index in [0.717, 1.165) is 89.4 Å². The summed E-state index contributed by atoms with van der Waals surface area (Å²) in [6, 6.07) is 114. The second kappa shape index (κ2) is 20.7. The van der Waals surface area contributed by atoms with Gasteiger partial charge in [-0.15, -0.1) is 0 Å². The van der Waals surface area contributed by atoms with E-state index in [1.165, 1.54) is 100 Å². The Labute approximate surface area is 561 Å². The third-order valence-electron chi connectivity index (χ3n) is 22.0. The van der Waals surface area contributed by atoms with Crippen molar-refractivity contribution in [2.75, 3.05) is 9.80 Å². The minimum atomic E-state index is -0.500. The summed E-state index contributed by atoms with van der Waals surface area (Å²) in [6.45, 7) is 14.0. The highest BCUT2D eigenvalue weighted by Crippen LogP contribution is 2.65. The summed E-state index contributed by atoms with van der Waals surface area (Å²) in [5.41, 5.74) is 37.9. The molecule has 1 spiro atoms. The van der Waals surface area contributed by atoms with Gasteiger partial charge < -0.3 is 14.2 Å². The number of hydrogen-bond donors (Lipinski definition) is 0. The fourth-order valence-electron chi connectivity index (χ4n) is 17.5. The van der Waals surface area contributed by atoms with E-state index in [1.807, 2.05) is 6.07 Å². The maximum atomic E-state index is 6.63. The summed E-state index contributed by atoms with van der Waals surface area (Å²) in [4.78, 5) is 5.00. The molecular formula is C93H68N2O. The molecule has 3 nitrogen and oxygen atoms in total. The fourth-order valence-corrected chi connectivity index (χ4v) is 17.5. The highest BCUT2D eigenvalue weighted by Gasteiger charge is 2.52. The van der Waals surface area contributed by atoms with Crippen LogP contribution >= 0.6 is 0 Å². The first-order valence-electron chi connectivity index (χ1n) is 33.8. The van der Waals surface area contributed by atoms with Crippen molar-refractivity contribution in [2.45, 2.75) is 57.8 Å². The number of anilines is 6. The molecule has 0 fully saturated rings. The lowest BCUT2D eigenvalue weighted by atomic mass is 9.70. The van der Waals surface area contributed by atoms with Crippen molar-refractivity contribution in [3.63, 3.8) is 0 Å². The Hall–Kier alpha value is -11.5. The van der Waals surface area contributed by atoms with Crippen molar-refractivity contribution >= 4 is 56.1 Å². The summed E-state index contributed by atoms with van der Waals surface area (Å²) < 4.78 is 6.63. The van der Waals surface area contributed by atoms with E-state index in [4.69, 9.17) is 4.42 Å². The fraction of sp³-hybridized carbons (Fsp3) is 0.0968. The van der Waals surface area contributed by atoms with Crippen LogP contribution in [0.1, 0.15) is 83.3 Å². The van der Waals surface area contributed by atoms with Crippen LogP contribution in [0.5, 0.6) is 0 Å². The predicted molar refractivity (Wildman–Crippen MR) is 400 cm³/mol. The Morgan fingerprint density at radius 2 is 0.667 bits per heavy atom. The van der Waals surface area contributed by atoms with Gasteiger partial charge >= 0.3 is 0 Å². The zero-order valence-corrected chi connectivity index (χ0v) is 54.7. The van der Waals surface area contributed by atoms with Gasteiger partial charge in [-0.1, -0.05) is 269 Å². The molecule has 0 unspecified atom stereocenters. The van der Waals surface area contributed by atoms with Gasteiger partial charge in [0, 0.05) is 61.2 Å². The number of aryl methyl sites for hydroxylation is 2. The molecule has 0 amide bonds. The first kappa shape index (κ1) is 56.1. The van der Waals surface area contributed by atoms with E-state index < -0.39 is 5.41 Å². The van der Waals surface area contributed by atoms with E-state index >= 15 is 0 Å². The van der Waals surface area contributed by atoms with Crippen LogP contribution in [-0.4, -0.2) is 0 Å². The Morgan fingerprint density at radius 1 is 0.260 bits per heavy atom. The van der Waals surface area contributed by atoms with Gasteiger partial charge in [-0.3, -0.25) is 0 Å². The van der Waals surface area contributed by atoms with Gasteiger partial charge in [0.05, 0.1) is 11.1 Å². The summed E-state index contributed by atoms with van der Waals surface area (Å²) in [7, 11) is 0. The third-order valence-corrected chi connectivity index (χ3v) is 22.0. The molecule has 3 heteroatoms. The lowest BCUT2D eigenvalue weighted by Crippen LogP contribution is -2.26. The second-order valence-electron chi connectivity index (χ2n) is 28.0. The summed E-state index contributed by atoms with van der Waals surface area (Å²) >= 11 is 0. The van der Waals surface area contributed by atoms with Crippen LogP contribution < -0.4 is 9.80 Å². The average molecular weight is 1230 g/mol. The van der Waals surface area contributed by atoms with Crippen molar-refractivity contribution in [3.8, 4) is 77.9 Å². The van der Waals surface area contributed by atoms with Crippen molar-refractivity contribution in [2.24, 2.45) is 0 Å². The molecule has 15 aromatic rings. The Kier molecular flexibility index (Phi) is 12.1. The minimum Gasteiger partial charge on any atom is -0.455 e. The van der Waals surface area contributed by atoms with E-state index in [1.54, 1.807) is 0 Å². The number of benzene rings is 14. The smallest absolute Gasteiger partial charge is 0.143 e. The third kappa shape index (κ3) is 8.01. The number of para-hydroxylation sites is 2. The van der Waals surface area contributed by atoms with Crippen LogP contribution in [0.15, 0.2) is 308 Å². The molecule has 96 heavy (non-hydrogen) atoms. The Bertz CT molecular complexity index is 5590. The van der Waals surface area contributed by atoms with Crippen LogP contribution in [0.25, 0.3) is 99.8 Å². The number of rotatable bonds is 9. The number of nitrogens with zero attached hydrogens (tertiary/aromatic N) is 2. The first-order chi connectivity index (χ1) is 46.9. The van der Waals surface area contributed by atoms with Crippen LogP contribution in [0.2, 0.25) is 0 Å². The maximum absolute atomic E-state index is 6.63. The van der Waals surface area contributed by atoms with Crippen LogP contribution in [0.3, 0.4) is 0 Å². The van der Waals surface area contributed by atoms with E-state index in [9.17, 15) is 0 Å². The number of furan rings is 1. The maximum Gasteiger partial charge on any atom is 0.143 e. The molecule has 0 bridgehead atoms. The van der Waals surface area contributed by atoms with Gasteiger partial charge in [-0.2, -0.15) is 0 Å². The normalized spacial score (nSPS) is 14.2. The van der Waals surface area contributed by atoms with Crippen molar-refractivity contribution in [1.82, 2.24) is 0 Å². The van der Waals surface area contributed by atoms with E-state index in [0.29, 0.717) is 0 Å². The van der Waals surface area contributed by atoms with Crippen LogP contribution in [0.4, 0.5) is 34.1 Å². The highest BCUT2D eigenvalue weighted by molar-refractivity contribution is 6.10. The van der Waals surface area contributed by atoms with Crippen molar-refractivity contribution in [3.05, 3.63) is 359 Å². The quantitative estimate of drug-likeness (QED) is 0.144. The second-order valence-corrected chi connectivity index (χ2v) is 28.0. The molecule has 456 valence electrons. The zero-order valence-electron chi connectivity index (χ0n) is 54.7. The van der Waals surface area contributed by atoms with Crippen LogP contribution in [-0.2, 0) is 16.2 Å². The lowest BCUT2D eigenvalue weighted by Gasteiger charge is -2.32. The molecule has 0 radical (unpaired) electrons. The summed E-state index contributed by atoms with van der Waals surface area (Å²) in [5, 5.41) is 2.24. The first-order valence-corrected chi connectivity index (χ1v) is 33.8. The lowest BCUT2D eigenvalue weighted by molar-refractivity contribution is 0.659. The molecule has 0 saturated carbocycles. The van der Waals surface area contributed by atoms with E-state index in [2.05, 4.69) is 349 Å². The number of fused-ring (bicyclic) bond motifs is 19. The van der Waals surface area contributed by atoms with Gasteiger partial charge in [0.2, 0.25) is 0 Å². The van der Waals surface area contributed by atoms with E-state index in [-0.39, 0.29) is 10.8 Å². The molecule has 0 aliphatic heterocycles. The number of hydrogen-bond acceptors (Lipinski definition) is 3. The van der Waals surface area contributed by atoms with Gasteiger partial charge in [0.1, 0.15) is 11.2 Å². The highest BCUT2D eigenvalue weighted by atomic mass is 16.3.